The molecule has 27 heavy (non-hydrogen) atoms. The van der Waals surface area contributed by atoms with E-state index >= 15 is 0 Å². The van der Waals surface area contributed by atoms with E-state index in [1.165, 1.54) is 23.9 Å². The summed E-state index contributed by atoms with van der Waals surface area (Å²) in [6.07, 6.45) is 3.01. The van der Waals surface area contributed by atoms with Crippen LogP contribution < -0.4 is 16.2 Å². The molecule has 0 fully saturated rings. The number of carbonyl (C=O) groups excluding carboxylic acids is 1. The highest BCUT2D eigenvalue weighted by molar-refractivity contribution is 7.08. The van der Waals surface area contributed by atoms with Gasteiger partial charge in [-0.15, -0.1) is 11.3 Å². The highest BCUT2D eigenvalue weighted by atomic mass is 32.1. The Morgan fingerprint density at radius 2 is 2.15 bits per heavy atom. The summed E-state index contributed by atoms with van der Waals surface area (Å²) < 4.78 is 4.97. The second-order valence-corrected chi connectivity index (χ2v) is 6.24. The molecule has 0 aliphatic carbocycles. The number of carbonyl (C=O) groups is 2. The third-order valence-electron chi connectivity index (χ3n) is 3.65. The third-order valence-corrected chi connectivity index (χ3v) is 4.40. The van der Waals surface area contributed by atoms with Crippen molar-refractivity contribution in [3.8, 4) is 17.1 Å². The fourth-order valence-corrected chi connectivity index (χ4v) is 3.05. The van der Waals surface area contributed by atoms with Crippen molar-refractivity contribution in [2.24, 2.45) is 0 Å². The number of furan rings is 1. The van der Waals surface area contributed by atoms with Gasteiger partial charge in [-0.25, -0.2) is 14.6 Å². The van der Waals surface area contributed by atoms with Crippen LogP contribution in [0.25, 0.3) is 11.4 Å². The van der Waals surface area contributed by atoms with Gasteiger partial charge in [0.25, 0.3) is 5.56 Å². The van der Waals surface area contributed by atoms with Gasteiger partial charge in [-0.3, -0.25) is 4.79 Å². The Morgan fingerprint density at radius 1 is 1.37 bits per heavy atom. The fourth-order valence-electron chi connectivity index (χ4n) is 2.28. The van der Waals surface area contributed by atoms with Crippen LogP contribution in [0.5, 0.6) is 5.75 Å². The highest BCUT2D eigenvalue weighted by Gasteiger charge is 2.20. The van der Waals surface area contributed by atoms with Crippen molar-refractivity contribution in [1.82, 2.24) is 15.3 Å². The van der Waals surface area contributed by atoms with Gasteiger partial charge < -0.3 is 30.2 Å². The molecule has 0 saturated carbocycles. The Balaban J connectivity index is 1.83. The average Bonchev–Trinajstić information content (AvgIpc) is 3.28. The summed E-state index contributed by atoms with van der Waals surface area (Å²) in [5.74, 6) is -2.62. The lowest BCUT2D eigenvalue weighted by Gasteiger charge is -2.13. The van der Waals surface area contributed by atoms with Gasteiger partial charge in [0.15, 0.2) is 5.69 Å². The first kappa shape index (κ1) is 18.2. The first-order valence-electron chi connectivity index (χ1n) is 7.59. The molecule has 3 heterocycles. The van der Waals surface area contributed by atoms with E-state index in [4.69, 9.17) is 9.52 Å². The maximum atomic E-state index is 12.2. The van der Waals surface area contributed by atoms with Crippen LogP contribution in [-0.4, -0.2) is 32.2 Å². The molecule has 1 atom stereocenters. The molecule has 11 heteroatoms. The monoisotopic (exact) mass is 390 g/mol. The van der Waals surface area contributed by atoms with Crippen LogP contribution in [0, 0.1) is 0 Å². The predicted molar refractivity (Wildman–Crippen MR) is 96.1 cm³/mol. The zero-order chi connectivity index (χ0) is 19.6. The molecule has 2 amide bonds. The van der Waals surface area contributed by atoms with Gasteiger partial charge in [0.1, 0.15) is 5.82 Å². The van der Waals surface area contributed by atoms with Gasteiger partial charge in [0, 0.05) is 16.3 Å². The van der Waals surface area contributed by atoms with E-state index in [9.17, 15) is 19.5 Å². The second kappa shape index (κ2) is 7.33. The normalized spacial score (nSPS) is 11.7. The molecule has 3 aromatic heterocycles. The van der Waals surface area contributed by atoms with Crippen molar-refractivity contribution in [3.63, 3.8) is 0 Å². The van der Waals surface area contributed by atoms with Gasteiger partial charge in [-0.2, -0.15) is 0 Å². The van der Waals surface area contributed by atoms with E-state index in [0.717, 1.165) is 5.56 Å². The second-order valence-electron chi connectivity index (χ2n) is 5.49. The van der Waals surface area contributed by atoms with Crippen molar-refractivity contribution in [1.29, 1.82) is 0 Å². The van der Waals surface area contributed by atoms with Crippen molar-refractivity contribution < 1.29 is 24.2 Å². The minimum Gasteiger partial charge on any atom is -0.501 e. The number of nitrogens with zero attached hydrogens (tertiary/aromatic N) is 1. The Kier molecular flexibility index (Phi) is 4.94. The third kappa shape index (κ3) is 3.82. The number of hydrogen-bond acceptors (Lipinski definition) is 7. The fraction of sp³-hybridized carbons (Fsp3) is 0.125. The molecule has 140 valence electrons. The zero-order valence-corrected chi connectivity index (χ0v) is 14.7. The maximum Gasteiger partial charge on any atom is 0.358 e. The predicted octanol–water partition coefficient (Wildman–Crippen LogP) is 2.38. The minimum absolute atomic E-state index is 0.0883. The SMILES string of the molecule is CC(NC(=O)Nc1cscc1-c1nc(C(=O)O)c(O)c(=O)[nH]1)c1ccoc1. The lowest BCUT2D eigenvalue weighted by Crippen LogP contribution is -2.31. The van der Waals surface area contributed by atoms with E-state index in [-0.39, 0.29) is 11.9 Å². The molecule has 0 spiro atoms. The van der Waals surface area contributed by atoms with Gasteiger partial charge >= 0.3 is 12.0 Å². The Hall–Kier alpha value is -3.60. The lowest BCUT2D eigenvalue weighted by atomic mass is 10.2. The highest BCUT2D eigenvalue weighted by Crippen LogP contribution is 2.30. The Labute approximate surface area is 155 Å². The van der Waals surface area contributed by atoms with Gasteiger partial charge in [-0.1, -0.05) is 0 Å². The maximum absolute atomic E-state index is 12.2. The molecule has 0 aliphatic rings. The minimum atomic E-state index is -1.55. The molecule has 5 N–H and O–H groups in total. The van der Waals surface area contributed by atoms with E-state index < -0.39 is 29.0 Å². The summed E-state index contributed by atoms with van der Waals surface area (Å²) in [7, 11) is 0. The number of thiophene rings is 1. The number of aromatic hydroxyl groups is 1. The van der Waals surface area contributed by atoms with E-state index in [2.05, 4.69) is 20.6 Å². The van der Waals surface area contributed by atoms with Crippen LogP contribution in [0.4, 0.5) is 10.5 Å². The van der Waals surface area contributed by atoms with Crippen LogP contribution in [0.2, 0.25) is 0 Å². The molecule has 0 radical (unpaired) electrons. The molecule has 3 rings (SSSR count). The molecule has 1 unspecified atom stereocenters. The number of anilines is 1. The molecule has 0 aromatic carbocycles. The van der Waals surface area contributed by atoms with Crippen LogP contribution in [0.1, 0.15) is 29.0 Å². The molecule has 3 aromatic rings. The number of H-pyrrole nitrogens is 1. The summed E-state index contributed by atoms with van der Waals surface area (Å²) in [6.45, 7) is 1.77. The zero-order valence-electron chi connectivity index (χ0n) is 13.8. The van der Waals surface area contributed by atoms with Crippen LogP contribution >= 0.6 is 11.3 Å². The lowest BCUT2D eigenvalue weighted by molar-refractivity contribution is 0.0686. The first-order chi connectivity index (χ1) is 12.9. The number of aromatic amines is 1. The van der Waals surface area contributed by atoms with Crippen LogP contribution in [-0.2, 0) is 0 Å². The molecule has 0 bridgehead atoms. The standard InChI is InChI=1S/C16H14N4O6S/c1-7(8-2-3-26-4-8)17-16(25)18-10-6-27-5-9(10)13-19-11(15(23)24)12(21)14(22)20-13/h2-7,21H,1H3,(H,23,24)(H2,17,18,25)(H,19,20,22). The summed E-state index contributed by atoms with van der Waals surface area (Å²) in [4.78, 5) is 41.2. The smallest absolute Gasteiger partial charge is 0.358 e. The number of nitrogens with one attached hydrogen (secondary N) is 3. The quantitative estimate of drug-likeness (QED) is 0.447. The number of hydrogen-bond donors (Lipinski definition) is 5. The Bertz CT molecular complexity index is 1040. The number of urea groups is 1. The number of carboxylic acids is 1. The van der Waals surface area contributed by atoms with Crippen molar-refractivity contribution in [2.75, 3.05) is 5.32 Å². The number of aromatic carboxylic acids is 1. The van der Waals surface area contributed by atoms with Crippen molar-refractivity contribution in [3.05, 3.63) is 51.0 Å². The Morgan fingerprint density at radius 3 is 2.81 bits per heavy atom. The first-order valence-corrected chi connectivity index (χ1v) is 8.54. The molecule has 10 nitrogen and oxygen atoms in total. The number of carboxylic acid groups (broad SMARTS) is 1. The molecular weight excluding hydrogens is 376 g/mol. The molecule has 0 saturated heterocycles. The van der Waals surface area contributed by atoms with Gasteiger partial charge in [-0.05, 0) is 13.0 Å². The summed E-state index contributed by atoms with van der Waals surface area (Å²) in [5, 5.41) is 27.1. The van der Waals surface area contributed by atoms with E-state index in [0.29, 0.717) is 11.3 Å². The summed E-state index contributed by atoms with van der Waals surface area (Å²) >= 11 is 1.21. The van der Waals surface area contributed by atoms with Crippen molar-refractivity contribution >= 4 is 29.0 Å². The molecular formula is C16H14N4O6S. The van der Waals surface area contributed by atoms with Crippen LogP contribution in [0.15, 0.2) is 38.6 Å². The number of aromatic nitrogens is 2. The number of rotatable bonds is 5. The topological polar surface area (TPSA) is 158 Å². The summed E-state index contributed by atoms with van der Waals surface area (Å²) in [6, 6.07) is 0.901. The van der Waals surface area contributed by atoms with Gasteiger partial charge in [0.05, 0.1) is 29.8 Å². The average molecular weight is 390 g/mol. The molecule has 0 aliphatic heterocycles. The number of amides is 2. The van der Waals surface area contributed by atoms with Crippen molar-refractivity contribution in [2.45, 2.75) is 13.0 Å². The summed E-state index contributed by atoms with van der Waals surface area (Å²) in [5.41, 5.74) is -0.351. The van der Waals surface area contributed by atoms with Crippen LogP contribution in [0.3, 0.4) is 0 Å². The van der Waals surface area contributed by atoms with E-state index in [1.807, 2.05) is 0 Å². The van der Waals surface area contributed by atoms with E-state index in [1.54, 1.807) is 23.8 Å². The van der Waals surface area contributed by atoms with Gasteiger partial charge in [0.2, 0.25) is 5.75 Å². The largest absolute Gasteiger partial charge is 0.501 e.